The predicted octanol–water partition coefficient (Wildman–Crippen LogP) is 10.4. The lowest BCUT2D eigenvalue weighted by atomic mass is 9.85. The number of nitrogens with zero attached hydrogens (tertiary/aromatic N) is 3. The van der Waals surface area contributed by atoms with Gasteiger partial charge in [0.1, 0.15) is 6.33 Å². The molecule has 0 aliphatic heterocycles. The van der Waals surface area contributed by atoms with Crippen molar-refractivity contribution in [1.82, 2.24) is 14.5 Å². The van der Waals surface area contributed by atoms with E-state index in [1.807, 2.05) is 12.4 Å². The molecule has 0 unspecified atom stereocenters. The molecular weight excluding hydrogens is 522 g/mol. The zero-order chi connectivity index (χ0) is 28.3. The first-order chi connectivity index (χ1) is 21.4. The average Bonchev–Trinajstić information content (AvgIpc) is 3.41. The van der Waals surface area contributed by atoms with Crippen molar-refractivity contribution < 1.29 is 0 Å². The van der Waals surface area contributed by atoms with Crippen molar-refractivity contribution in [2.45, 2.75) is 0 Å². The summed E-state index contributed by atoms with van der Waals surface area (Å²) in [5.41, 5.74) is 8.28. The fourth-order valence-electron chi connectivity index (χ4n) is 7.04. The largest absolute Gasteiger partial charge is 0.309 e. The Morgan fingerprint density at radius 1 is 0.372 bits per heavy atom. The maximum atomic E-state index is 4.36. The number of hydrogen-bond acceptors (Lipinski definition) is 2. The van der Waals surface area contributed by atoms with Crippen LogP contribution in [0.2, 0.25) is 0 Å². The van der Waals surface area contributed by atoms with Crippen LogP contribution in [0.5, 0.6) is 0 Å². The first-order valence-corrected chi connectivity index (χ1v) is 14.6. The van der Waals surface area contributed by atoms with Crippen molar-refractivity contribution in [3.8, 4) is 27.9 Å². The van der Waals surface area contributed by atoms with Crippen molar-refractivity contribution >= 4 is 54.1 Å². The Kier molecular flexibility index (Phi) is 5.20. The van der Waals surface area contributed by atoms with E-state index < -0.39 is 0 Å². The van der Waals surface area contributed by atoms with Gasteiger partial charge in [-0.15, -0.1) is 0 Å². The second-order valence-corrected chi connectivity index (χ2v) is 11.0. The van der Waals surface area contributed by atoms with E-state index >= 15 is 0 Å². The van der Waals surface area contributed by atoms with Gasteiger partial charge in [-0.05, 0) is 56.3 Å². The highest BCUT2D eigenvalue weighted by atomic mass is 15.0. The topological polar surface area (TPSA) is 30.7 Å². The number of aromatic nitrogens is 3. The molecule has 0 radical (unpaired) electrons. The molecule has 0 amide bonds. The highest BCUT2D eigenvalue weighted by molar-refractivity contribution is 6.24. The van der Waals surface area contributed by atoms with E-state index in [0.717, 1.165) is 5.56 Å². The van der Waals surface area contributed by atoms with Crippen LogP contribution in [-0.4, -0.2) is 14.5 Å². The minimum absolute atomic E-state index is 1.02. The Bertz CT molecular complexity index is 2400. The third-order valence-electron chi connectivity index (χ3n) is 8.77. The van der Waals surface area contributed by atoms with Crippen molar-refractivity contribution in [2.75, 3.05) is 0 Å². The van der Waals surface area contributed by atoms with Crippen LogP contribution in [0.1, 0.15) is 0 Å². The average molecular weight is 548 g/mol. The Morgan fingerprint density at radius 3 is 1.37 bits per heavy atom. The van der Waals surface area contributed by atoms with Crippen LogP contribution in [-0.2, 0) is 0 Å². The molecule has 0 spiro atoms. The minimum atomic E-state index is 1.02. The molecule has 43 heavy (non-hydrogen) atoms. The second-order valence-electron chi connectivity index (χ2n) is 11.0. The lowest BCUT2D eigenvalue weighted by Crippen LogP contribution is -1.97. The van der Waals surface area contributed by atoms with Gasteiger partial charge in [-0.25, -0.2) is 9.97 Å². The fraction of sp³-hybridized carbons (Fsp3) is 0. The van der Waals surface area contributed by atoms with Crippen LogP contribution in [0, 0.1) is 0 Å². The molecule has 2 heterocycles. The van der Waals surface area contributed by atoms with Gasteiger partial charge in [-0.1, -0.05) is 115 Å². The summed E-state index contributed by atoms with van der Waals surface area (Å²) in [6.07, 6.45) is 5.42. The number of para-hydroxylation sites is 2. The Balaban J connectivity index is 1.40. The molecule has 0 aliphatic rings. The molecule has 7 aromatic carbocycles. The van der Waals surface area contributed by atoms with Crippen LogP contribution in [0.3, 0.4) is 0 Å². The summed E-state index contributed by atoms with van der Waals surface area (Å²) in [4.78, 5) is 8.72. The van der Waals surface area contributed by atoms with E-state index in [2.05, 4.69) is 148 Å². The number of benzene rings is 7. The molecule has 9 aromatic rings. The van der Waals surface area contributed by atoms with Gasteiger partial charge in [0.2, 0.25) is 0 Å². The van der Waals surface area contributed by atoms with Crippen LogP contribution in [0.25, 0.3) is 82.1 Å². The molecule has 9 rings (SSSR count). The summed E-state index contributed by atoms with van der Waals surface area (Å²) in [6.45, 7) is 0. The standard InChI is InChI=1S/C40H25N3/c1-2-12-28-27(11-1)35(21-22-38(28)43-36-19-9-7-13-29(36)30-14-8-10-20-37(30)43)40-33-17-5-3-15-31(33)39(26-23-41-25-42-24-26)32-16-4-6-18-34(32)40/h1-25H. The van der Waals surface area contributed by atoms with Crippen molar-refractivity contribution in [3.63, 3.8) is 0 Å². The first kappa shape index (κ1) is 23.9. The normalized spacial score (nSPS) is 11.7. The van der Waals surface area contributed by atoms with Gasteiger partial charge in [-0.2, -0.15) is 0 Å². The molecule has 0 N–H and O–H groups in total. The number of rotatable bonds is 3. The lowest BCUT2D eigenvalue weighted by Gasteiger charge is -2.20. The summed E-state index contributed by atoms with van der Waals surface area (Å²) < 4.78 is 2.42. The molecule has 0 atom stereocenters. The third-order valence-corrected chi connectivity index (χ3v) is 8.77. The van der Waals surface area contributed by atoms with Crippen LogP contribution < -0.4 is 0 Å². The molecule has 0 fully saturated rings. The van der Waals surface area contributed by atoms with Crippen LogP contribution >= 0.6 is 0 Å². The molecule has 0 aliphatic carbocycles. The zero-order valence-electron chi connectivity index (χ0n) is 23.3. The summed E-state index contributed by atoms with van der Waals surface area (Å²) in [7, 11) is 0. The highest BCUT2D eigenvalue weighted by Crippen LogP contribution is 2.46. The molecule has 0 bridgehead atoms. The van der Waals surface area contributed by atoms with Gasteiger partial charge in [0.25, 0.3) is 0 Å². The third kappa shape index (κ3) is 3.49. The smallest absolute Gasteiger partial charge is 0.115 e. The molecule has 3 nitrogen and oxygen atoms in total. The van der Waals surface area contributed by atoms with E-state index in [9.17, 15) is 0 Å². The van der Waals surface area contributed by atoms with Crippen molar-refractivity contribution in [1.29, 1.82) is 0 Å². The van der Waals surface area contributed by atoms with E-state index in [-0.39, 0.29) is 0 Å². The summed E-state index contributed by atoms with van der Waals surface area (Å²) in [5.74, 6) is 0. The minimum Gasteiger partial charge on any atom is -0.309 e. The lowest BCUT2D eigenvalue weighted by molar-refractivity contribution is 1.17. The quantitative estimate of drug-likeness (QED) is 0.206. The molecule has 2 aromatic heterocycles. The van der Waals surface area contributed by atoms with Gasteiger partial charge in [0.15, 0.2) is 0 Å². The fourth-order valence-corrected chi connectivity index (χ4v) is 7.04. The van der Waals surface area contributed by atoms with Gasteiger partial charge in [0, 0.05) is 39.7 Å². The van der Waals surface area contributed by atoms with Gasteiger partial charge in [-0.3, -0.25) is 0 Å². The molecule has 200 valence electrons. The Hall–Kier alpha value is -5.80. The van der Waals surface area contributed by atoms with Gasteiger partial charge >= 0.3 is 0 Å². The molecular formula is C40H25N3. The number of hydrogen-bond donors (Lipinski definition) is 0. The van der Waals surface area contributed by atoms with Crippen molar-refractivity contribution in [3.05, 3.63) is 152 Å². The number of fused-ring (bicyclic) bond motifs is 6. The SMILES string of the molecule is c1ccc2c(-n3c4ccccc4c4ccccc43)ccc(-c3c4ccccc4c(-c4cncnc4)c4ccccc34)c2c1. The predicted molar refractivity (Wildman–Crippen MR) is 180 cm³/mol. The monoisotopic (exact) mass is 547 g/mol. The maximum absolute atomic E-state index is 4.36. The Labute approximate surface area is 248 Å². The van der Waals surface area contributed by atoms with E-state index in [1.165, 1.54) is 76.5 Å². The first-order valence-electron chi connectivity index (χ1n) is 14.6. The molecule has 3 heteroatoms. The molecule has 0 saturated carbocycles. The van der Waals surface area contributed by atoms with Crippen LogP contribution in [0.4, 0.5) is 0 Å². The van der Waals surface area contributed by atoms with Gasteiger partial charge in [0.05, 0.1) is 16.7 Å². The molecule has 0 saturated heterocycles. The van der Waals surface area contributed by atoms with Gasteiger partial charge < -0.3 is 4.57 Å². The van der Waals surface area contributed by atoms with E-state index in [0.29, 0.717) is 0 Å². The Morgan fingerprint density at radius 2 is 0.814 bits per heavy atom. The second kappa shape index (κ2) is 9.37. The van der Waals surface area contributed by atoms with Crippen LogP contribution in [0.15, 0.2) is 152 Å². The summed E-state index contributed by atoms with van der Waals surface area (Å²) in [5, 5.41) is 9.81. The van der Waals surface area contributed by atoms with Crippen molar-refractivity contribution in [2.24, 2.45) is 0 Å². The summed E-state index contributed by atoms with van der Waals surface area (Å²) >= 11 is 0. The summed E-state index contributed by atoms with van der Waals surface area (Å²) in [6, 6.07) is 48.4. The van der Waals surface area contributed by atoms with E-state index in [1.54, 1.807) is 6.33 Å². The highest BCUT2D eigenvalue weighted by Gasteiger charge is 2.20. The zero-order valence-corrected chi connectivity index (χ0v) is 23.3. The van der Waals surface area contributed by atoms with E-state index in [4.69, 9.17) is 0 Å². The maximum Gasteiger partial charge on any atom is 0.115 e.